The van der Waals surface area contributed by atoms with Gasteiger partial charge in [-0.1, -0.05) is 18.2 Å². The molecular weight excluding hydrogens is 218 g/mol. The van der Waals surface area contributed by atoms with Gasteiger partial charge in [-0.3, -0.25) is 0 Å². The molecule has 2 rings (SSSR count). The third-order valence-corrected chi connectivity index (χ3v) is 2.97. The van der Waals surface area contributed by atoms with Gasteiger partial charge in [-0.05, 0) is 30.9 Å². The van der Waals surface area contributed by atoms with Crippen LogP contribution in [0.3, 0.4) is 0 Å². The number of carboxylic acid groups (broad SMARTS) is 1. The van der Waals surface area contributed by atoms with Gasteiger partial charge >= 0.3 is 5.97 Å². The molecule has 0 saturated carbocycles. The van der Waals surface area contributed by atoms with E-state index in [9.17, 15) is 9.59 Å². The summed E-state index contributed by atoms with van der Waals surface area (Å²) in [6.07, 6.45) is 2.38. The molecule has 1 aliphatic rings. The third kappa shape index (κ3) is 2.37. The predicted molar refractivity (Wildman–Crippen MR) is 63.6 cm³/mol. The minimum Gasteiger partial charge on any atom is -0.477 e. The number of aliphatic carboxylic acids is 1. The molecule has 1 aliphatic heterocycles. The zero-order chi connectivity index (χ0) is 12.3. The van der Waals surface area contributed by atoms with Crippen LogP contribution in [0.5, 0.6) is 0 Å². The Balaban J connectivity index is 2.30. The van der Waals surface area contributed by atoms with Crippen molar-refractivity contribution < 1.29 is 14.7 Å². The normalized spacial score (nSPS) is 18.2. The number of carbonyl (C=O) groups excluding carboxylic acids is 1. The number of hydrogen-bond donors (Lipinski definition) is 2. The Bertz CT molecular complexity index is 489. The second-order valence-corrected chi connectivity index (χ2v) is 4.07. The molecule has 4 heteroatoms. The average Bonchev–Trinajstić information content (AvgIpc) is 2.51. The highest BCUT2D eigenvalue weighted by Gasteiger charge is 2.24. The van der Waals surface area contributed by atoms with Gasteiger partial charge in [0.2, 0.25) is 0 Å². The van der Waals surface area contributed by atoms with E-state index in [1.807, 2.05) is 24.3 Å². The molecule has 4 nitrogen and oxygen atoms in total. The monoisotopic (exact) mass is 231 g/mol. The van der Waals surface area contributed by atoms with Crippen LogP contribution >= 0.6 is 0 Å². The molecule has 0 saturated heterocycles. The van der Waals surface area contributed by atoms with Crippen molar-refractivity contribution in [2.45, 2.75) is 25.3 Å². The Morgan fingerprint density at radius 2 is 2.18 bits per heavy atom. The summed E-state index contributed by atoms with van der Waals surface area (Å²) in [5, 5.41) is 12.0. The molecule has 0 radical (unpaired) electrons. The van der Waals surface area contributed by atoms with E-state index in [4.69, 9.17) is 5.11 Å². The lowest BCUT2D eigenvalue weighted by atomic mass is 10.0. The largest absolute Gasteiger partial charge is 0.477 e. The maximum atomic E-state index is 10.9. The van der Waals surface area contributed by atoms with Crippen LogP contribution in [0.4, 0.5) is 5.69 Å². The minimum absolute atomic E-state index is 0.221. The molecule has 1 heterocycles. The molecule has 88 valence electrons. The lowest BCUT2D eigenvalue weighted by Gasteiger charge is -2.16. The van der Waals surface area contributed by atoms with E-state index in [1.54, 1.807) is 0 Å². The van der Waals surface area contributed by atoms with Crippen LogP contribution in [0, 0.1) is 0 Å². The Kier molecular flexibility index (Phi) is 3.26. The highest BCUT2D eigenvalue weighted by Crippen LogP contribution is 2.25. The summed E-state index contributed by atoms with van der Waals surface area (Å²) in [7, 11) is 0. The molecule has 1 atom stereocenters. The van der Waals surface area contributed by atoms with Crippen LogP contribution in [-0.2, 0) is 16.0 Å². The molecule has 17 heavy (non-hydrogen) atoms. The Hall–Kier alpha value is -2.06. The van der Waals surface area contributed by atoms with Crippen molar-refractivity contribution >= 4 is 17.6 Å². The van der Waals surface area contributed by atoms with E-state index < -0.39 is 12.0 Å². The zero-order valence-corrected chi connectivity index (χ0v) is 9.27. The molecule has 2 N–H and O–H groups in total. The summed E-state index contributed by atoms with van der Waals surface area (Å²) in [6.45, 7) is 0. The van der Waals surface area contributed by atoms with Gasteiger partial charge in [0.25, 0.3) is 0 Å². The third-order valence-electron chi connectivity index (χ3n) is 2.97. The minimum atomic E-state index is -1.20. The fraction of sp³-hybridized carbons (Fsp3) is 0.308. The van der Waals surface area contributed by atoms with Crippen molar-refractivity contribution in [3.63, 3.8) is 0 Å². The maximum absolute atomic E-state index is 10.9. The molecule has 1 aromatic carbocycles. The highest BCUT2D eigenvalue weighted by atomic mass is 16.4. The van der Waals surface area contributed by atoms with Gasteiger partial charge in [0.1, 0.15) is 11.5 Å². The van der Waals surface area contributed by atoms with Gasteiger partial charge in [0, 0.05) is 5.69 Å². The number of nitrogens with one attached hydrogen (secondary N) is 1. The van der Waals surface area contributed by atoms with E-state index in [-0.39, 0.29) is 5.57 Å². The fourth-order valence-corrected chi connectivity index (χ4v) is 2.12. The van der Waals surface area contributed by atoms with Gasteiger partial charge in [0.05, 0.1) is 6.04 Å². The van der Waals surface area contributed by atoms with Gasteiger partial charge in [-0.15, -0.1) is 0 Å². The average molecular weight is 231 g/mol. The first-order chi connectivity index (χ1) is 8.22. The van der Waals surface area contributed by atoms with Crippen LogP contribution in [0.1, 0.15) is 18.4 Å². The number of fused-ring (bicyclic) bond motifs is 1. The van der Waals surface area contributed by atoms with Crippen molar-refractivity contribution in [1.29, 1.82) is 0 Å². The summed E-state index contributed by atoms with van der Waals surface area (Å²) < 4.78 is 0. The summed E-state index contributed by atoms with van der Waals surface area (Å²) >= 11 is 0. The van der Waals surface area contributed by atoms with Crippen LogP contribution in [0.2, 0.25) is 0 Å². The lowest BCUT2D eigenvalue weighted by molar-refractivity contribution is -0.132. The van der Waals surface area contributed by atoms with Gasteiger partial charge in [0.15, 0.2) is 0 Å². The fourth-order valence-electron chi connectivity index (χ4n) is 2.12. The number of hydrogen-bond acceptors (Lipinski definition) is 3. The molecule has 0 fully saturated rings. The molecule has 1 unspecified atom stereocenters. The summed E-state index contributed by atoms with van der Waals surface area (Å²) in [6, 6.07) is 7.30. The molecule has 0 spiro atoms. The van der Waals surface area contributed by atoms with Crippen molar-refractivity contribution in [3.8, 4) is 0 Å². The van der Waals surface area contributed by atoms with Crippen LogP contribution in [-0.4, -0.2) is 23.1 Å². The van der Waals surface area contributed by atoms with E-state index in [2.05, 4.69) is 5.32 Å². The summed E-state index contributed by atoms with van der Waals surface area (Å²) in [5.74, 6) is 0.337. The first kappa shape index (κ1) is 11.4. The summed E-state index contributed by atoms with van der Waals surface area (Å²) in [4.78, 5) is 21.6. The van der Waals surface area contributed by atoms with Crippen LogP contribution in [0.15, 0.2) is 29.8 Å². The topological polar surface area (TPSA) is 66.4 Å². The molecule has 0 bridgehead atoms. The first-order valence-electron chi connectivity index (χ1n) is 5.55. The smallest absolute Gasteiger partial charge is 0.344 e. The molecule has 0 amide bonds. The van der Waals surface area contributed by atoms with Crippen molar-refractivity contribution in [2.75, 3.05) is 5.32 Å². The number of benzene rings is 1. The van der Waals surface area contributed by atoms with E-state index in [0.717, 1.165) is 24.1 Å². The van der Waals surface area contributed by atoms with Crippen LogP contribution < -0.4 is 5.32 Å². The van der Waals surface area contributed by atoms with E-state index in [0.29, 0.717) is 6.42 Å². The van der Waals surface area contributed by atoms with Gasteiger partial charge < -0.3 is 10.4 Å². The number of aryl methyl sites for hydroxylation is 1. The molecule has 0 aromatic heterocycles. The standard InChI is InChI=1S/C13H13NO3/c15-8-10(13(16)17)12-7-3-5-9-4-1-2-6-11(9)14-12/h1-2,4,6,12,14H,3,5,7H2,(H,16,17). The SMILES string of the molecule is O=C=C(C(=O)O)C1CCCc2ccccc2N1. The Labute approximate surface area is 99.0 Å². The second-order valence-electron chi connectivity index (χ2n) is 4.07. The lowest BCUT2D eigenvalue weighted by Crippen LogP contribution is -2.26. The highest BCUT2D eigenvalue weighted by molar-refractivity contribution is 5.97. The Morgan fingerprint density at radius 3 is 2.88 bits per heavy atom. The van der Waals surface area contributed by atoms with Gasteiger partial charge in [-0.25, -0.2) is 9.59 Å². The first-order valence-corrected chi connectivity index (χ1v) is 5.55. The van der Waals surface area contributed by atoms with Crippen LogP contribution in [0.25, 0.3) is 0 Å². The molecular formula is C13H13NO3. The van der Waals surface area contributed by atoms with E-state index >= 15 is 0 Å². The molecule has 1 aromatic rings. The second kappa shape index (κ2) is 4.85. The number of rotatable bonds is 2. The van der Waals surface area contributed by atoms with Gasteiger partial charge in [-0.2, -0.15) is 0 Å². The zero-order valence-electron chi connectivity index (χ0n) is 9.27. The predicted octanol–water partition coefficient (Wildman–Crippen LogP) is 1.65. The van der Waals surface area contributed by atoms with E-state index in [1.165, 1.54) is 5.94 Å². The molecule has 0 aliphatic carbocycles. The van der Waals surface area contributed by atoms with Crippen molar-refractivity contribution in [1.82, 2.24) is 0 Å². The Morgan fingerprint density at radius 1 is 1.41 bits per heavy atom. The maximum Gasteiger partial charge on any atom is 0.344 e. The van der Waals surface area contributed by atoms with Crippen molar-refractivity contribution in [3.05, 3.63) is 35.4 Å². The number of carbonyl (C=O) groups is 1. The number of anilines is 1. The quantitative estimate of drug-likeness (QED) is 0.600. The summed E-state index contributed by atoms with van der Waals surface area (Å²) in [5.41, 5.74) is 1.84. The number of para-hydroxylation sites is 1. The van der Waals surface area contributed by atoms with Crippen molar-refractivity contribution in [2.24, 2.45) is 0 Å². The number of carboxylic acids is 1.